The van der Waals surface area contributed by atoms with Gasteiger partial charge in [-0.25, -0.2) is 0 Å². The normalized spacial score (nSPS) is 20.1. The van der Waals surface area contributed by atoms with Gasteiger partial charge in [0.1, 0.15) is 17.6 Å². The lowest BCUT2D eigenvalue weighted by molar-refractivity contribution is -0.221. The van der Waals surface area contributed by atoms with Gasteiger partial charge in [-0.1, -0.05) is 48.5 Å². The summed E-state index contributed by atoms with van der Waals surface area (Å²) in [4.78, 5) is 0. The summed E-state index contributed by atoms with van der Waals surface area (Å²) in [5.74, 6) is 0.335. The van der Waals surface area contributed by atoms with Crippen LogP contribution in [0, 0.1) is 0 Å². The maximum absolute atomic E-state index is 9.33. The smallest absolute Gasteiger partial charge is 0.205 e. The zero-order valence-electron chi connectivity index (χ0n) is 13.3. The van der Waals surface area contributed by atoms with E-state index in [9.17, 15) is 5.11 Å². The Hall–Kier alpha value is -2.52. The van der Waals surface area contributed by atoms with Crippen LogP contribution in [0.5, 0.6) is 5.75 Å². The highest BCUT2D eigenvalue weighted by Gasteiger charge is 2.30. The second-order valence-electron chi connectivity index (χ2n) is 5.94. The third kappa shape index (κ3) is 4.02. The topological polar surface area (TPSA) is 38.7 Å². The van der Waals surface area contributed by atoms with E-state index in [1.165, 1.54) is 0 Å². The number of allylic oxidation sites excluding steroid dienone is 1. The second-order valence-corrected chi connectivity index (χ2v) is 5.94. The number of rotatable bonds is 3. The average molecular weight is 308 g/mol. The van der Waals surface area contributed by atoms with Gasteiger partial charge in [0.2, 0.25) is 5.79 Å². The molecule has 1 unspecified atom stereocenters. The van der Waals surface area contributed by atoms with Crippen molar-refractivity contribution in [2.45, 2.75) is 25.7 Å². The van der Waals surface area contributed by atoms with E-state index in [1.54, 1.807) is 12.1 Å². The first-order valence-corrected chi connectivity index (χ1v) is 7.63. The van der Waals surface area contributed by atoms with Gasteiger partial charge in [-0.2, -0.15) is 0 Å². The van der Waals surface area contributed by atoms with E-state index in [2.05, 4.69) is 0 Å². The van der Waals surface area contributed by atoms with Crippen LogP contribution in [0.15, 0.2) is 72.5 Å². The fraction of sp³-hybridized carbons (Fsp3) is 0.200. The molecule has 0 aliphatic carbocycles. The Balaban J connectivity index is 1.84. The molecule has 1 N–H and O–H groups in total. The minimum Gasteiger partial charge on any atom is -0.508 e. The second kappa shape index (κ2) is 6.31. The number of hydrogen-bond acceptors (Lipinski definition) is 3. The maximum Gasteiger partial charge on any atom is 0.205 e. The molecule has 118 valence electrons. The average Bonchev–Trinajstić information content (AvgIpc) is 2.54. The quantitative estimate of drug-likeness (QED) is 0.884. The van der Waals surface area contributed by atoms with Gasteiger partial charge in [-0.15, -0.1) is 0 Å². The fourth-order valence-electron chi connectivity index (χ4n) is 2.49. The van der Waals surface area contributed by atoms with E-state index in [4.69, 9.17) is 9.47 Å². The van der Waals surface area contributed by atoms with Crippen molar-refractivity contribution in [2.24, 2.45) is 0 Å². The summed E-state index contributed by atoms with van der Waals surface area (Å²) in [5, 5.41) is 9.33. The van der Waals surface area contributed by atoms with Gasteiger partial charge in [-0.3, -0.25) is 0 Å². The minimum atomic E-state index is -0.691. The Kier molecular flexibility index (Phi) is 4.22. The molecule has 1 aliphatic rings. The van der Waals surface area contributed by atoms with Crippen LogP contribution in [0.3, 0.4) is 0 Å². The highest BCUT2D eigenvalue weighted by atomic mass is 16.7. The molecule has 0 saturated carbocycles. The van der Waals surface area contributed by atoms with Crippen LogP contribution in [0.1, 0.15) is 31.1 Å². The Morgan fingerprint density at radius 2 is 1.65 bits per heavy atom. The van der Waals surface area contributed by atoms with Crippen molar-refractivity contribution < 1.29 is 14.6 Å². The highest BCUT2D eigenvalue weighted by molar-refractivity contribution is 5.53. The van der Waals surface area contributed by atoms with Crippen LogP contribution in [0.4, 0.5) is 0 Å². The molecule has 0 amide bonds. The van der Waals surface area contributed by atoms with E-state index in [0.29, 0.717) is 0 Å². The summed E-state index contributed by atoms with van der Waals surface area (Å²) in [6.07, 6.45) is 5.71. The first-order valence-electron chi connectivity index (χ1n) is 7.63. The number of phenolic OH excluding ortho intramolecular Hbond substituents is 1. The zero-order valence-corrected chi connectivity index (χ0v) is 13.3. The largest absolute Gasteiger partial charge is 0.508 e. The fourth-order valence-corrected chi connectivity index (χ4v) is 2.49. The molecule has 2 aromatic carbocycles. The van der Waals surface area contributed by atoms with Crippen molar-refractivity contribution in [3.8, 4) is 5.75 Å². The number of aromatic hydroxyl groups is 1. The third-order valence-corrected chi connectivity index (χ3v) is 3.55. The van der Waals surface area contributed by atoms with Crippen LogP contribution in [0.2, 0.25) is 0 Å². The first kappa shape index (κ1) is 15.4. The van der Waals surface area contributed by atoms with Crippen LogP contribution in [-0.4, -0.2) is 10.9 Å². The van der Waals surface area contributed by atoms with Gasteiger partial charge in [0.15, 0.2) is 0 Å². The summed E-state index contributed by atoms with van der Waals surface area (Å²) in [7, 11) is 0. The summed E-state index contributed by atoms with van der Waals surface area (Å²) >= 11 is 0. The van der Waals surface area contributed by atoms with Crippen molar-refractivity contribution in [1.82, 2.24) is 0 Å². The Bertz CT molecular complexity index is 712. The Morgan fingerprint density at radius 3 is 2.35 bits per heavy atom. The summed E-state index contributed by atoms with van der Waals surface area (Å²) in [6.45, 7) is 3.81. The van der Waals surface area contributed by atoms with Crippen molar-refractivity contribution in [2.75, 3.05) is 0 Å². The first-order chi connectivity index (χ1) is 11.0. The van der Waals surface area contributed by atoms with E-state index in [1.807, 2.05) is 74.5 Å². The molecule has 0 spiro atoms. The van der Waals surface area contributed by atoms with E-state index >= 15 is 0 Å². The van der Waals surface area contributed by atoms with Crippen LogP contribution in [-0.2, 0) is 9.47 Å². The van der Waals surface area contributed by atoms with Crippen molar-refractivity contribution in [1.29, 1.82) is 0 Å². The lowest BCUT2D eigenvalue weighted by Gasteiger charge is -2.35. The van der Waals surface area contributed by atoms with Gasteiger partial charge >= 0.3 is 0 Å². The van der Waals surface area contributed by atoms with Crippen molar-refractivity contribution in [3.63, 3.8) is 0 Å². The van der Waals surface area contributed by atoms with Crippen molar-refractivity contribution >= 4 is 6.08 Å². The van der Waals surface area contributed by atoms with Gasteiger partial charge in [0.25, 0.3) is 0 Å². The molecule has 1 atom stereocenters. The minimum absolute atomic E-state index is 0.139. The molecule has 0 aromatic heterocycles. The van der Waals surface area contributed by atoms with E-state index < -0.39 is 5.79 Å². The van der Waals surface area contributed by atoms with Gasteiger partial charge < -0.3 is 14.6 Å². The molecule has 23 heavy (non-hydrogen) atoms. The highest BCUT2D eigenvalue weighted by Crippen LogP contribution is 2.34. The van der Waals surface area contributed by atoms with E-state index in [-0.39, 0.29) is 11.9 Å². The molecular formula is C20H20O3. The molecule has 0 fully saturated rings. The van der Waals surface area contributed by atoms with Crippen LogP contribution in [0.25, 0.3) is 6.08 Å². The lowest BCUT2D eigenvalue weighted by Crippen LogP contribution is -2.33. The van der Waals surface area contributed by atoms with Crippen molar-refractivity contribution in [3.05, 3.63) is 83.6 Å². The number of benzene rings is 2. The molecule has 3 nitrogen and oxygen atoms in total. The Labute approximate surface area is 136 Å². The van der Waals surface area contributed by atoms with Gasteiger partial charge in [0.05, 0.1) is 0 Å². The molecule has 1 heterocycles. The maximum atomic E-state index is 9.33. The predicted octanol–water partition coefficient (Wildman–Crippen LogP) is 4.81. The van der Waals surface area contributed by atoms with Gasteiger partial charge in [0, 0.05) is 13.8 Å². The summed E-state index contributed by atoms with van der Waals surface area (Å²) in [6, 6.07) is 17.1. The molecule has 2 aromatic rings. The van der Waals surface area contributed by atoms with E-state index in [0.717, 1.165) is 16.9 Å². The molecule has 0 bridgehead atoms. The predicted molar refractivity (Wildman–Crippen MR) is 90.7 cm³/mol. The third-order valence-electron chi connectivity index (χ3n) is 3.55. The lowest BCUT2D eigenvalue weighted by atomic mass is 10.1. The molecule has 3 rings (SSSR count). The zero-order chi connectivity index (χ0) is 16.3. The van der Waals surface area contributed by atoms with Crippen LogP contribution >= 0.6 is 0 Å². The molecule has 0 radical (unpaired) electrons. The summed E-state index contributed by atoms with van der Waals surface area (Å²) in [5.41, 5.74) is 2.09. The SMILES string of the molecule is CC1(C)OC(/C=C/c2ccc(O)cc2)=CC(c2ccccc2)O1. The van der Waals surface area contributed by atoms with Gasteiger partial charge in [-0.05, 0) is 35.4 Å². The molecule has 3 heteroatoms. The monoisotopic (exact) mass is 308 g/mol. The van der Waals surface area contributed by atoms with Crippen LogP contribution < -0.4 is 0 Å². The molecule has 0 saturated heterocycles. The molecular weight excluding hydrogens is 288 g/mol. The summed E-state index contributed by atoms with van der Waals surface area (Å²) < 4.78 is 11.9. The molecule has 1 aliphatic heterocycles. The number of hydrogen-bond donors (Lipinski definition) is 1. The Morgan fingerprint density at radius 1 is 0.957 bits per heavy atom. The number of phenols is 1. The number of ether oxygens (including phenoxy) is 2. The standard InChI is InChI=1S/C20H20O3/c1-20(2)22-18(13-10-15-8-11-17(21)12-9-15)14-19(23-20)16-6-4-3-5-7-16/h3-14,19,21H,1-2H3/b13-10+.